The molecule has 0 aliphatic carbocycles. The molecule has 1 aliphatic rings. The second-order valence-electron chi connectivity index (χ2n) is 7.50. The van der Waals surface area contributed by atoms with Crippen LogP contribution in [-0.4, -0.2) is 34.8 Å². The number of halogens is 1. The number of aromatic amines is 1. The first kappa shape index (κ1) is 19.5. The van der Waals surface area contributed by atoms with Crippen LogP contribution in [0.5, 0.6) is 0 Å². The Morgan fingerprint density at radius 3 is 2.86 bits per heavy atom. The number of nitrogens with two attached hydrogens (primary N) is 1. The number of hydrogen-bond acceptors (Lipinski definition) is 3. The Morgan fingerprint density at radius 1 is 1.21 bits per heavy atom. The Balaban J connectivity index is 1.50. The average Bonchev–Trinajstić information content (AvgIpc) is 3.13. The number of nitrogens with zero attached hydrogens (tertiary/aromatic N) is 1. The first-order valence-electron chi connectivity index (χ1n) is 9.69. The number of carbonyl (C=O) groups excluding carboxylic acids is 2. The summed E-state index contributed by atoms with van der Waals surface area (Å²) in [5, 5.41) is 4.52. The van der Waals surface area contributed by atoms with Crippen LogP contribution in [-0.2, 0) is 11.3 Å². The number of benzene rings is 2. The fourth-order valence-electron chi connectivity index (χ4n) is 3.87. The fraction of sp³-hybridized carbons (Fsp3) is 0.273. The van der Waals surface area contributed by atoms with Gasteiger partial charge in [-0.05, 0) is 55.3 Å². The molecule has 0 saturated carbocycles. The number of likely N-dealkylation sites (tertiary alicyclic amines) is 1. The van der Waals surface area contributed by atoms with Gasteiger partial charge in [0.15, 0.2) is 0 Å². The van der Waals surface area contributed by atoms with Crippen LogP contribution in [0.25, 0.3) is 10.9 Å². The zero-order valence-electron chi connectivity index (χ0n) is 16.0. The third kappa shape index (κ3) is 4.44. The summed E-state index contributed by atoms with van der Waals surface area (Å²) >= 11 is 6.03. The number of aromatic nitrogens is 1. The maximum Gasteiger partial charge on any atom is 0.272 e. The minimum absolute atomic E-state index is 0.108. The molecule has 0 spiro atoms. The van der Waals surface area contributed by atoms with E-state index in [9.17, 15) is 9.59 Å². The number of hydrogen-bond donors (Lipinski definition) is 3. The van der Waals surface area contributed by atoms with Gasteiger partial charge in [0.1, 0.15) is 5.69 Å². The molecule has 4 N–H and O–H groups in total. The van der Waals surface area contributed by atoms with Gasteiger partial charge in [0.25, 0.3) is 5.91 Å². The first-order valence-corrected chi connectivity index (χ1v) is 10.1. The van der Waals surface area contributed by atoms with Crippen molar-refractivity contribution in [3.63, 3.8) is 0 Å². The lowest BCUT2D eigenvalue weighted by Gasteiger charge is -2.31. The Hall–Kier alpha value is -2.83. The molecule has 2 amide bonds. The van der Waals surface area contributed by atoms with Crippen LogP contribution in [0.2, 0.25) is 5.02 Å². The highest BCUT2D eigenvalue weighted by molar-refractivity contribution is 6.31. The van der Waals surface area contributed by atoms with Crippen LogP contribution in [0.3, 0.4) is 0 Å². The number of carbonyl (C=O) groups is 2. The number of amides is 2. The number of primary amides is 1. The van der Waals surface area contributed by atoms with E-state index in [1.54, 1.807) is 12.1 Å². The van der Waals surface area contributed by atoms with E-state index in [1.165, 1.54) is 0 Å². The number of nitrogens with one attached hydrogen (secondary N) is 2. The molecule has 1 aromatic heterocycles. The molecule has 0 bridgehead atoms. The first-order chi connectivity index (χ1) is 14.0. The van der Waals surface area contributed by atoms with E-state index in [4.69, 9.17) is 17.3 Å². The molecule has 7 heteroatoms. The summed E-state index contributed by atoms with van der Waals surface area (Å²) in [5.74, 6) is -0.558. The third-order valence-electron chi connectivity index (χ3n) is 5.39. The molecule has 1 fully saturated rings. The maximum absolute atomic E-state index is 12.8. The van der Waals surface area contributed by atoms with Crippen LogP contribution < -0.4 is 11.1 Å². The van der Waals surface area contributed by atoms with Gasteiger partial charge in [-0.1, -0.05) is 29.8 Å². The second-order valence-corrected chi connectivity index (χ2v) is 7.94. The number of piperidine rings is 1. The normalized spacial score (nSPS) is 17.3. The summed E-state index contributed by atoms with van der Waals surface area (Å²) in [7, 11) is 0. The molecular weight excluding hydrogens is 388 g/mol. The molecule has 3 aromatic rings. The van der Waals surface area contributed by atoms with Gasteiger partial charge < -0.3 is 16.0 Å². The monoisotopic (exact) mass is 410 g/mol. The Bertz CT molecular complexity index is 1060. The lowest BCUT2D eigenvalue weighted by atomic mass is 9.97. The number of anilines is 1. The van der Waals surface area contributed by atoms with Gasteiger partial charge >= 0.3 is 0 Å². The molecule has 150 valence electrons. The number of fused-ring (bicyclic) bond motifs is 1. The lowest BCUT2D eigenvalue weighted by Crippen LogP contribution is -2.40. The highest BCUT2D eigenvalue weighted by Crippen LogP contribution is 2.24. The van der Waals surface area contributed by atoms with Crippen LogP contribution in [0.4, 0.5) is 5.69 Å². The van der Waals surface area contributed by atoms with Crippen LogP contribution in [0, 0.1) is 5.92 Å². The van der Waals surface area contributed by atoms with Gasteiger partial charge in [0.05, 0.1) is 5.92 Å². The summed E-state index contributed by atoms with van der Waals surface area (Å²) in [6.45, 7) is 2.22. The molecule has 1 unspecified atom stereocenters. The zero-order valence-corrected chi connectivity index (χ0v) is 16.7. The van der Waals surface area contributed by atoms with Gasteiger partial charge in [-0.3, -0.25) is 14.5 Å². The topological polar surface area (TPSA) is 91.2 Å². The quantitative estimate of drug-likeness (QED) is 0.597. The van der Waals surface area contributed by atoms with E-state index >= 15 is 0 Å². The molecule has 6 nitrogen and oxygen atoms in total. The van der Waals surface area contributed by atoms with Crippen molar-refractivity contribution in [3.05, 3.63) is 64.8 Å². The summed E-state index contributed by atoms with van der Waals surface area (Å²) in [4.78, 5) is 29.7. The molecule has 0 radical (unpaired) electrons. The molecular formula is C22H23ClN4O2. The predicted octanol–water partition coefficient (Wildman–Crippen LogP) is 3.77. The Morgan fingerprint density at radius 2 is 2.03 bits per heavy atom. The van der Waals surface area contributed by atoms with Crippen molar-refractivity contribution in [2.45, 2.75) is 19.4 Å². The molecule has 2 aromatic carbocycles. The van der Waals surface area contributed by atoms with Crippen LogP contribution in [0.1, 0.15) is 28.9 Å². The molecule has 1 saturated heterocycles. The highest BCUT2D eigenvalue weighted by Gasteiger charge is 2.24. The smallest absolute Gasteiger partial charge is 0.272 e. The Kier molecular flexibility index (Phi) is 5.56. The lowest BCUT2D eigenvalue weighted by molar-refractivity contribution is -0.123. The van der Waals surface area contributed by atoms with Gasteiger partial charge in [0, 0.05) is 34.7 Å². The van der Waals surface area contributed by atoms with Crippen molar-refractivity contribution < 1.29 is 9.59 Å². The van der Waals surface area contributed by atoms with Crippen molar-refractivity contribution in [3.8, 4) is 0 Å². The fourth-order valence-corrected chi connectivity index (χ4v) is 4.05. The standard InChI is InChI=1S/C22H23ClN4O2/c23-17-7-8-19-16(10-17)11-20(25-19)22(29)26-18-6-2-1-4-14(18)12-27-9-3-5-15(13-27)21(24)28/h1-2,4,6-8,10-11,15,25H,3,5,9,12-13H2,(H2,24,28)(H,26,29). The number of H-pyrrole nitrogens is 1. The van der Waals surface area contributed by atoms with E-state index in [0.29, 0.717) is 23.8 Å². The van der Waals surface area contributed by atoms with Gasteiger partial charge in [0.2, 0.25) is 5.91 Å². The number of para-hydroxylation sites is 1. The van der Waals surface area contributed by atoms with Crippen molar-refractivity contribution >= 4 is 40.0 Å². The van der Waals surface area contributed by atoms with Gasteiger partial charge in [-0.15, -0.1) is 0 Å². The summed E-state index contributed by atoms with van der Waals surface area (Å²) in [5.41, 5.74) is 8.59. The Labute approximate surface area is 174 Å². The summed E-state index contributed by atoms with van der Waals surface area (Å²) < 4.78 is 0. The van der Waals surface area contributed by atoms with Gasteiger partial charge in [-0.25, -0.2) is 0 Å². The predicted molar refractivity (Wildman–Crippen MR) is 115 cm³/mol. The van der Waals surface area contributed by atoms with E-state index in [0.717, 1.165) is 41.5 Å². The van der Waals surface area contributed by atoms with Crippen molar-refractivity contribution in [2.24, 2.45) is 11.7 Å². The second kappa shape index (κ2) is 8.27. The minimum atomic E-state index is -0.241. The van der Waals surface area contributed by atoms with Crippen LogP contribution in [0.15, 0.2) is 48.5 Å². The molecule has 1 atom stereocenters. The van der Waals surface area contributed by atoms with E-state index in [-0.39, 0.29) is 17.7 Å². The van der Waals surface area contributed by atoms with E-state index < -0.39 is 0 Å². The van der Waals surface area contributed by atoms with Crippen molar-refractivity contribution in [1.29, 1.82) is 0 Å². The summed E-state index contributed by atoms with van der Waals surface area (Å²) in [6, 6.07) is 15.0. The molecule has 29 heavy (non-hydrogen) atoms. The molecule has 4 rings (SSSR count). The molecule has 1 aliphatic heterocycles. The van der Waals surface area contributed by atoms with Crippen LogP contribution >= 0.6 is 11.6 Å². The third-order valence-corrected chi connectivity index (χ3v) is 5.63. The highest BCUT2D eigenvalue weighted by atomic mass is 35.5. The zero-order chi connectivity index (χ0) is 20.4. The largest absolute Gasteiger partial charge is 0.369 e. The van der Waals surface area contributed by atoms with Crippen molar-refractivity contribution in [1.82, 2.24) is 9.88 Å². The maximum atomic E-state index is 12.8. The number of rotatable bonds is 5. The summed E-state index contributed by atoms with van der Waals surface area (Å²) in [6.07, 6.45) is 1.79. The molecule has 2 heterocycles. The van der Waals surface area contributed by atoms with Gasteiger partial charge in [-0.2, -0.15) is 0 Å². The van der Waals surface area contributed by atoms with E-state index in [1.807, 2.05) is 36.4 Å². The SMILES string of the molecule is NC(=O)C1CCCN(Cc2ccccc2NC(=O)c2cc3cc(Cl)ccc3[nH]2)C1. The van der Waals surface area contributed by atoms with Crippen molar-refractivity contribution in [2.75, 3.05) is 18.4 Å². The average molecular weight is 411 g/mol. The minimum Gasteiger partial charge on any atom is -0.369 e. The van der Waals surface area contributed by atoms with E-state index in [2.05, 4.69) is 15.2 Å².